The second-order valence-corrected chi connectivity index (χ2v) is 27.9. The van der Waals surface area contributed by atoms with E-state index in [0.717, 1.165) is 0 Å². The van der Waals surface area contributed by atoms with Gasteiger partial charge in [0.15, 0.2) is 0 Å². The van der Waals surface area contributed by atoms with E-state index in [1.807, 2.05) is 0 Å². The molecule has 0 radical (unpaired) electrons. The van der Waals surface area contributed by atoms with Crippen molar-refractivity contribution in [2.45, 2.75) is 55.0 Å². The largest absolute Gasteiger partial charge is 1.00 e. The fourth-order valence-electron chi connectivity index (χ4n) is 11.2. The van der Waals surface area contributed by atoms with E-state index < -0.39 is 20.3 Å². The van der Waals surface area contributed by atoms with E-state index in [-0.39, 0.29) is 24.8 Å². The molecule has 11 rings (SSSR count). The van der Waals surface area contributed by atoms with Crippen LogP contribution in [0.4, 0.5) is 0 Å². The first-order valence-electron chi connectivity index (χ1n) is 20.7. The second-order valence-electron chi connectivity index (χ2n) is 16.5. The molecule has 2 unspecified atom stereocenters. The first-order chi connectivity index (χ1) is 27.2. The van der Waals surface area contributed by atoms with Crippen LogP contribution in [0, 0.1) is 0 Å². The minimum absolute atomic E-state index is 0. The van der Waals surface area contributed by atoms with Crippen LogP contribution in [0.25, 0.3) is 77.5 Å². The molecule has 1 fully saturated rings. The molecule has 1 saturated heterocycles. The van der Waals surface area contributed by atoms with Crippen LogP contribution < -0.4 is 24.8 Å². The Bertz CT molecular complexity index is 2630. The predicted octanol–water partition coefficient (Wildman–Crippen LogP) is 9.82. The van der Waals surface area contributed by atoms with Crippen molar-refractivity contribution in [3.63, 3.8) is 0 Å². The Morgan fingerprint density at radius 3 is 1.12 bits per heavy atom. The molecule has 0 amide bonds. The molecule has 3 aliphatic rings. The fourth-order valence-corrected chi connectivity index (χ4v) is 28.8. The Labute approximate surface area is 353 Å². The van der Waals surface area contributed by atoms with Crippen molar-refractivity contribution >= 4 is 55.2 Å². The van der Waals surface area contributed by atoms with Gasteiger partial charge < -0.3 is 24.8 Å². The number of rotatable bonds is 8. The predicted molar refractivity (Wildman–Crippen MR) is 235 cm³/mol. The Balaban J connectivity index is 0.00000211. The molecule has 0 nitrogen and oxygen atoms in total. The standard InChI is InChI=1S/2C26H21.C2H4.2ClH.Zr/c2*1-2-8-18-15-19-11-7-14-24(25(19)16-18)26-22-12-5-3-9-20(22)17-21-10-4-6-13-23(21)26;1-2;;;/h2*3-7,9-17H,2,8H2,1H3;1-2H2;2*1H;/q;;;;;+2/p-2. The van der Waals surface area contributed by atoms with Gasteiger partial charge in [-0.2, -0.15) is 0 Å². The topological polar surface area (TPSA) is 0 Å². The van der Waals surface area contributed by atoms with Crippen LogP contribution >= 0.6 is 0 Å². The zero-order chi connectivity index (χ0) is 36.7. The third-order valence-corrected chi connectivity index (χ3v) is 26.5. The van der Waals surface area contributed by atoms with Crippen molar-refractivity contribution in [3.8, 4) is 22.3 Å². The summed E-state index contributed by atoms with van der Waals surface area (Å²) in [6, 6.07) is 55.7. The van der Waals surface area contributed by atoms with Crippen LogP contribution in [-0.4, -0.2) is 0 Å². The molecule has 0 bridgehead atoms. The van der Waals surface area contributed by atoms with Gasteiger partial charge in [0, 0.05) is 0 Å². The van der Waals surface area contributed by atoms with Gasteiger partial charge in [-0.25, -0.2) is 0 Å². The van der Waals surface area contributed by atoms with E-state index >= 15 is 0 Å². The molecular formula is C54H46Cl2Zr. The van der Waals surface area contributed by atoms with E-state index in [4.69, 9.17) is 0 Å². The molecule has 0 saturated carbocycles. The van der Waals surface area contributed by atoms with Crippen LogP contribution in [0.1, 0.15) is 69.0 Å². The molecule has 1 aliphatic heterocycles. The van der Waals surface area contributed by atoms with Crippen molar-refractivity contribution in [1.29, 1.82) is 0 Å². The van der Waals surface area contributed by atoms with Crippen LogP contribution in [0.15, 0.2) is 157 Å². The molecule has 0 aromatic heterocycles. The zero-order valence-electron chi connectivity index (χ0n) is 32.7. The molecule has 0 N–H and O–H groups in total. The van der Waals surface area contributed by atoms with Gasteiger partial charge in [-0.1, -0.05) is 0 Å². The molecule has 2 atom stereocenters. The van der Waals surface area contributed by atoms with Gasteiger partial charge in [0.05, 0.1) is 0 Å². The first-order valence-corrected chi connectivity index (χ1v) is 27.0. The van der Waals surface area contributed by atoms with E-state index in [9.17, 15) is 0 Å². The zero-order valence-corrected chi connectivity index (χ0v) is 36.6. The fraction of sp³-hybridized carbons (Fsp3) is 0.185. The maximum atomic E-state index is 2.70. The minimum Gasteiger partial charge on any atom is -1.00 e. The van der Waals surface area contributed by atoms with E-state index in [1.165, 1.54) is 110 Å². The van der Waals surface area contributed by atoms with Gasteiger partial charge in [0.2, 0.25) is 0 Å². The maximum Gasteiger partial charge on any atom is -1.00 e. The summed E-state index contributed by atoms with van der Waals surface area (Å²) in [7, 11) is 0. The number of allylic oxidation sites excluding steroid dienone is 2. The number of benzene rings is 8. The molecule has 1 heterocycles. The monoisotopic (exact) mass is 854 g/mol. The molecular weight excluding hydrogens is 811 g/mol. The van der Waals surface area contributed by atoms with Gasteiger partial charge in [-0.15, -0.1) is 0 Å². The average molecular weight is 857 g/mol. The summed E-state index contributed by atoms with van der Waals surface area (Å²) in [6.07, 6.45) is 10.2. The van der Waals surface area contributed by atoms with Crippen LogP contribution in [-0.2, 0) is 20.3 Å². The Kier molecular flexibility index (Phi) is 10.2. The van der Waals surface area contributed by atoms with Crippen molar-refractivity contribution in [2.24, 2.45) is 0 Å². The molecule has 8 aromatic carbocycles. The Hall–Kier alpha value is -4.26. The number of fused-ring (bicyclic) bond motifs is 6. The maximum absolute atomic E-state index is 2.95. The van der Waals surface area contributed by atoms with Crippen molar-refractivity contribution in [3.05, 3.63) is 179 Å². The van der Waals surface area contributed by atoms with Gasteiger partial charge >= 0.3 is 332 Å². The third kappa shape index (κ3) is 5.95. The minimum atomic E-state index is -2.95. The smallest absolute Gasteiger partial charge is 1.00 e. The van der Waals surface area contributed by atoms with Gasteiger partial charge in [0.25, 0.3) is 0 Å². The SMILES string of the molecule is CCCC1=Cc2c(-c3c4ccccc4cc4ccccc34)cccc2[CH]1[Zr+2]1([CH]2C(CCC)=Cc3c(-c4c5ccccc5cc5ccccc45)cccc32)[CH2][CH2]1.[Cl-].[Cl-]. The van der Waals surface area contributed by atoms with Crippen molar-refractivity contribution < 1.29 is 45.1 Å². The summed E-state index contributed by atoms with van der Waals surface area (Å²) in [4.78, 5) is 0. The van der Waals surface area contributed by atoms with Gasteiger partial charge in [-0.05, 0) is 0 Å². The summed E-state index contributed by atoms with van der Waals surface area (Å²) < 4.78 is 4.22. The Morgan fingerprint density at radius 2 is 0.789 bits per heavy atom. The number of halogens is 2. The number of hydrogen-bond donors (Lipinski definition) is 0. The average Bonchev–Trinajstić information content (AvgIpc) is 3.77. The van der Waals surface area contributed by atoms with E-state index in [2.05, 4.69) is 172 Å². The van der Waals surface area contributed by atoms with E-state index in [1.54, 1.807) is 22.3 Å². The summed E-state index contributed by atoms with van der Waals surface area (Å²) >= 11 is -2.95. The second kappa shape index (κ2) is 15.2. The van der Waals surface area contributed by atoms with Gasteiger partial charge in [0.1, 0.15) is 0 Å². The first kappa shape index (κ1) is 38.3. The van der Waals surface area contributed by atoms with Crippen LogP contribution in [0.3, 0.4) is 0 Å². The molecule has 3 heteroatoms. The number of hydrogen-bond acceptors (Lipinski definition) is 0. The summed E-state index contributed by atoms with van der Waals surface area (Å²) in [5.74, 6) is 0. The molecule has 2 aliphatic carbocycles. The summed E-state index contributed by atoms with van der Waals surface area (Å²) in [5, 5.41) is 10.7. The van der Waals surface area contributed by atoms with Crippen molar-refractivity contribution in [2.75, 3.05) is 0 Å². The van der Waals surface area contributed by atoms with Crippen molar-refractivity contribution in [1.82, 2.24) is 0 Å². The quantitative estimate of drug-likeness (QED) is 0.134. The molecule has 8 aromatic rings. The van der Waals surface area contributed by atoms with Crippen LogP contribution in [0.5, 0.6) is 0 Å². The van der Waals surface area contributed by atoms with Gasteiger partial charge in [-0.3, -0.25) is 0 Å². The summed E-state index contributed by atoms with van der Waals surface area (Å²) in [5.41, 5.74) is 15.4. The van der Waals surface area contributed by atoms with E-state index in [0.29, 0.717) is 7.25 Å². The van der Waals surface area contributed by atoms with Crippen LogP contribution in [0.2, 0.25) is 8.26 Å². The molecule has 57 heavy (non-hydrogen) atoms. The normalized spacial score (nSPS) is 16.9. The molecule has 0 spiro atoms. The Morgan fingerprint density at radius 1 is 0.439 bits per heavy atom. The third-order valence-electron chi connectivity index (χ3n) is 13.4. The summed E-state index contributed by atoms with van der Waals surface area (Å²) in [6.45, 7) is 4.78. The molecule has 280 valence electrons.